The van der Waals surface area contributed by atoms with Crippen LogP contribution in [0.15, 0.2) is 0 Å². The van der Waals surface area contributed by atoms with Crippen LogP contribution in [0.25, 0.3) is 0 Å². The molecule has 0 fully saturated rings. The highest BCUT2D eigenvalue weighted by Crippen LogP contribution is 2.18. The van der Waals surface area contributed by atoms with E-state index in [0.717, 1.165) is 0 Å². The van der Waals surface area contributed by atoms with Crippen molar-refractivity contribution in [2.45, 2.75) is 5.13 Å². The molecule has 0 aromatic heterocycles. The van der Waals surface area contributed by atoms with Gasteiger partial charge in [-0.1, -0.05) is 11.6 Å². The summed E-state index contributed by atoms with van der Waals surface area (Å²) in [5, 5.41) is 4.23. The van der Waals surface area contributed by atoms with E-state index >= 15 is 0 Å². The molecule has 1 unspecified atom stereocenters. The Labute approximate surface area is 59.6 Å². The Morgan fingerprint density at radius 1 is 1.60 bits per heavy atom. The Hall–Kier alpha value is -0.710. The van der Waals surface area contributed by atoms with E-state index in [0.29, 0.717) is 0 Å². The number of carboxylic acids is 1. The molecule has 0 amide bonds. The standard InChI is InChI=1S/C4H3ClF2O3/c5-4(7,3(9)10)2(8)1-6/h1H2,(H,9,10). The molecule has 0 spiro atoms. The van der Waals surface area contributed by atoms with Crippen LogP contribution in [0.5, 0.6) is 0 Å². The summed E-state index contributed by atoms with van der Waals surface area (Å²) in [6, 6.07) is 0. The van der Waals surface area contributed by atoms with E-state index < -0.39 is 23.6 Å². The number of carbonyl (C=O) groups is 2. The Morgan fingerprint density at radius 2 is 2.00 bits per heavy atom. The zero-order chi connectivity index (χ0) is 8.36. The molecular weight excluding hydrogens is 169 g/mol. The van der Waals surface area contributed by atoms with Crippen molar-refractivity contribution < 1.29 is 23.5 Å². The summed E-state index contributed by atoms with van der Waals surface area (Å²) in [4.78, 5) is 19.7. The third-order valence-electron chi connectivity index (χ3n) is 0.740. The van der Waals surface area contributed by atoms with Crippen molar-refractivity contribution in [2.24, 2.45) is 0 Å². The summed E-state index contributed by atoms with van der Waals surface area (Å²) in [7, 11) is 0. The maximum atomic E-state index is 12.2. The molecule has 0 aromatic rings. The van der Waals surface area contributed by atoms with Crippen LogP contribution in [0.1, 0.15) is 0 Å². The lowest BCUT2D eigenvalue weighted by Crippen LogP contribution is -2.37. The van der Waals surface area contributed by atoms with Crippen molar-refractivity contribution >= 4 is 23.4 Å². The van der Waals surface area contributed by atoms with Gasteiger partial charge in [0.1, 0.15) is 0 Å². The van der Waals surface area contributed by atoms with Crippen molar-refractivity contribution in [1.29, 1.82) is 0 Å². The lowest BCUT2D eigenvalue weighted by atomic mass is 10.3. The minimum Gasteiger partial charge on any atom is -0.478 e. The lowest BCUT2D eigenvalue weighted by molar-refractivity contribution is -0.150. The molecule has 0 aliphatic carbocycles. The van der Waals surface area contributed by atoms with Crippen molar-refractivity contribution in [3.63, 3.8) is 0 Å². The summed E-state index contributed by atoms with van der Waals surface area (Å²) >= 11 is 4.47. The zero-order valence-electron chi connectivity index (χ0n) is 4.60. The number of Topliss-reactive ketones (excluding diaryl/α,β-unsaturated/α-hetero) is 1. The third kappa shape index (κ3) is 1.63. The van der Waals surface area contributed by atoms with Gasteiger partial charge in [0.05, 0.1) is 0 Å². The monoisotopic (exact) mass is 172 g/mol. The zero-order valence-corrected chi connectivity index (χ0v) is 5.36. The third-order valence-corrected chi connectivity index (χ3v) is 1.11. The SMILES string of the molecule is O=C(O)C(F)(Cl)C(=O)CF. The normalized spacial score (nSPS) is 15.9. The topological polar surface area (TPSA) is 54.4 Å². The number of hydrogen-bond acceptors (Lipinski definition) is 2. The highest BCUT2D eigenvalue weighted by molar-refractivity contribution is 6.44. The first-order chi connectivity index (χ1) is 4.42. The number of halogens is 3. The highest BCUT2D eigenvalue weighted by atomic mass is 35.5. The van der Waals surface area contributed by atoms with Crippen LogP contribution in [0.4, 0.5) is 8.78 Å². The van der Waals surface area contributed by atoms with Gasteiger partial charge in [-0.2, -0.15) is 0 Å². The summed E-state index contributed by atoms with van der Waals surface area (Å²) in [5.74, 6) is -4.00. The number of aliphatic carboxylic acids is 1. The fraction of sp³-hybridized carbons (Fsp3) is 0.500. The number of rotatable bonds is 3. The maximum absolute atomic E-state index is 12.2. The molecule has 1 N–H and O–H groups in total. The molecule has 3 nitrogen and oxygen atoms in total. The van der Waals surface area contributed by atoms with Crippen LogP contribution < -0.4 is 0 Å². The van der Waals surface area contributed by atoms with Gasteiger partial charge in [-0.3, -0.25) is 4.79 Å². The van der Waals surface area contributed by atoms with Gasteiger partial charge in [0.25, 0.3) is 0 Å². The van der Waals surface area contributed by atoms with Crippen LogP contribution in [-0.4, -0.2) is 28.7 Å². The Balaban J connectivity index is 4.40. The highest BCUT2D eigenvalue weighted by Gasteiger charge is 2.44. The van der Waals surface area contributed by atoms with E-state index in [2.05, 4.69) is 11.6 Å². The largest absolute Gasteiger partial charge is 0.478 e. The predicted octanol–water partition coefficient (Wildman–Crippen LogP) is 0.514. The first-order valence-electron chi connectivity index (χ1n) is 2.13. The lowest BCUT2D eigenvalue weighted by Gasteiger charge is -2.06. The van der Waals surface area contributed by atoms with Crippen molar-refractivity contribution in [3.05, 3.63) is 0 Å². The van der Waals surface area contributed by atoms with E-state index in [4.69, 9.17) is 5.11 Å². The van der Waals surface area contributed by atoms with Crippen LogP contribution in [-0.2, 0) is 9.59 Å². The molecule has 0 aromatic carbocycles. The molecule has 6 heteroatoms. The van der Waals surface area contributed by atoms with Crippen LogP contribution in [0.3, 0.4) is 0 Å². The van der Waals surface area contributed by atoms with Crippen molar-refractivity contribution in [3.8, 4) is 0 Å². The quantitative estimate of drug-likeness (QED) is 0.499. The first-order valence-corrected chi connectivity index (χ1v) is 2.51. The molecule has 0 saturated heterocycles. The molecule has 0 heterocycles. The summed E-state index contributed by atoms with van der Waals surface area (Å²) in [5.41, 5.74) is 0. The van der Waals surface area contributed by atoms with Gasteiger partial charge in [-0.05, 0) is 0 Å². The van der Waals surface area contributed by atoms with Crippen molar-refractivity contribution in [1.82, 2.24) is 0 Å². The number of alkyl halides is 3. The fourth-order valence-electron chi connectivity index (χ4n) is 0.203. The van der Waals surface area contributed by atoms with Gasteiger partial charge >= 0.3 is 11.1 Å². The molecule has 0 aliphatic rings. The van der Waals surface area contributed by atoms with Gasteiger partial charge in [0, 0.05) is 0 Å². The summed E-state index contributed by atoms with van der Waals surface area (Å²) in [6.45, 7) is -1.73. The fourth-order valence-corrected chi connectivity index (χ4v) is 0.254. The second-order valence-corrected chi connectivity index (χ2v) is 1.96. The summed E-state index contributed by atoms with van der Waals surface area (Å²) < 4.78 is 23.5. The molecular formula is C4H3ClF2O3. The van der Waals surface area contributed by atoms with E-state index in [1.54, 1.807) is 0 Å². The molecule has 0 rings (SSSR count). The van der Waals surface area contributed by atoms with E-state index in [-0.39, 0.29) is 0 Å². The molecule has 1 atom stereocenters. The Morgan fingerprint density at radius 3 is 2.10 bits per heavy atom. The molecule has 0 bridgehead atoms. The van der Waals surface area contributed by atoms with Gasteiger partial charge in [0.2, 0.25) is 5.78 Å². The van der Waals surface area contributed by atoms with E-state index in [9.17, 15) is 18.4 Å². The average molecular weight is 173 g/mol. The van der Waals surface area contributed by atoms with E-state index in [1.807, 2.05) is 0 Å². The van der Waals surface area contributed by atoms with Gasteiger partial charge in [0.15, 0.2) is 6.67 Å². The minimum absolute atomic E-state index is 1.73. The van der Waals surface area contributed by atoms with Crippen molar-refractivity contribution in [2.75, 3.05) is 6.67 Å². The smallest absolute Gasteiger partial charge is 0.365 e. The Bertz CT molecular complexity index is 168. The number of ketones is 1. The maximum Gasteiger partial charge on any atom is 0.365 e. The molecule has 0 saturated carbocycles. The van der Waals surface area contributed by atoms with Crippen LogP contribution in [0.2, 0.25) is 0 Å². The average Bonchev–Trinajstić information content (AvgIpc) is 1.86. The first kappa shape index (κ1) is 9.29. The number of carbonyl (C=O) groups excluding carboxylic acids is 1. The van der Waals surface area contributed by atoms with Crippen LogP contribution in [0, 0.1) is 0 Å². The van der Waals surface area contributed by atoms with Gasteiger partial charge < -0.3 is 5.11 Å². The number of carboxylic acid groups (broad SMARTS) is 1. The molecule has 0 aliphatic heterocycles. The molecule has 58 valence electrons. The second-order valence-electron chi connectivity index (χ2n) is 1.44. The van der Waals surface area contributed by atoms with Crippen LogP contribution >= 0.6 is 11.6 Å². The van der Waals surface area contributed by atoms with Gasteiger partial charge in [-0.15, -0.1) is 0 Å². The minimum atomic E-state index is -3.62. The molecule has 0 radical (unpaired) electrons. The second kappa shape index (κ2) is 2.92. The Kier molecular flexibility index (Phi) is 2.71. The summed E-state index contributed by atoms with van der Waals surface area (Å²) in [6.07, 6.45) is 0. The van der Waals surface area contributed by atoms with Gasteiger partial charge in [-0.25, -0.2) is 13.6 Å². The van der Waals surface area contributed by atoms with E-state index in [1.165, 1.54) is 0 Å². The predicted molar refractivity (Wildman–Crippen MR) is 28.3 cm³/mol. The molecule has 10 heavy (non-hydrogen) atoms. The number of hydrogen-bond donors (Lipinski definition) is 1.